The number of nitrogens with zero attached hydrogens (tertiary/aromatic N) is 3. The lowest BCUT2D eigenvalue weighted by Gasteiger charge is -2.36. The van der Waals surface area contributed by atoms with Crippen LogP contribution in [0.4, 0.5) is 0 Å². The van der Waals surface area contributed by atoms with Gasteiger partial charge in [-0.25, -0.2) is 0 Å². The Balaban J connectivity index is 1.67. The van der Waals surface area contributed by atoms with E-state index in [0.29, 0.717) is 18.4 Å². The summed E-state index contributed by atoms with van der Waals surface area (Å²) in [5.41, 5.74) is 2.54. The van der Waals surface area contributed by atoms with Crippen molar-refractivity contribution in [3.63, 3.8) is 0 Å². The van der Waals surface area contributed by atoms with Crippen molar-refractivity contribution in [2.75, 3.05) is 20.8 Å². The van der Waals surface area contributed by atoms with Gasteiger partial charge < -0.3 is 14.0 Å². The lowest BCUT2D eigenvalue weighted by atomic mass is 9.91. The van der Waals surface area contributed by atoms with Crippen molar-refractivity contribution in [3.8, 4) is 11.5 Å². The van der Waals surface area contributed by atoms with Gasteiger partial charge in [0, 0.05) is 17.8 Å². The van der Waals surface area contributed by atoms with E-state index >= 15 is 0 Å². The van der Waals surface area contributed by atoms with E-state index in [1.165, 1.54) is 16.0 Å². The average molecular weight is 414 g/mol. The van der Waals surface area contributed by atoms with Crippen LogP contribution in [0, 0.1) is 5.92 Å². The molecule has 3 aromatic rings. The molecule has 0 saturated heterocycles. The van der Waals surface area contributed by atoms with Crippen molar-refractivity contribution in [1.29, 1.82) is 0 Å². The van der Waals surface area contributed by atoms with Crippen LogP contribution in [-0.2, 0) is 19.4 Å². The Morgan fingerprint density at radius 2 is 2.03 bits per heavy atom. The second-order valence-electron chi connectivity index (χ2n) is 7.75. The van der Waals surface area contributed by atoms with E-state index in [4.69, 9.17) is 14.0 Å². The summed E-state index contributed by atoms with van der Waals surface area (Å²) in [7, 11) is 3.36. The zero-order chi connectivity index (χ0) is 20.4. The predicted molar refractivity (Wildman–Crippen MR) is 113 cm³/mol. The molecule has 1 aromatic carbocycles. The summed E-state index contributed by atoms with van der Waals surface area (Å²) in [6.45, 7) is 5.85. The van der Waals surface area contributed by atoms with Gasteiger partial charge in [-0.3, -0.25) is 4.90 Å². The molecule has 0 saturated carbocycles. The highest BCUT2D eigenvalue weighted by molar-refractivity contribution is 7.10. The zero-order valence-corrected chi connectivity index (χ0v) is 18.2. The van der Waals surface area contributed by atoms with Gasteiger partial charge in [-0.05, 0) is 47.0 Å². The summed E-state index contributed by atoms with van der Waals surface area (Å²) in [6.07, 6.45) is 1.77. The summed E-state index contributed by atoms with van der Waals surface area (Å²) in [5, 5.41) is 6.28. The zero-order valence-electron chi connectivity index (χ0n) is 17.3. The van der Waals surface area contributed by atoms with Crippen molar-refractivity contribution in [1.82, 2.24) is 15.0 Å². The van der Waals surface area contributed by atoms with Crippen LogP contribution in [0.5, 0.6) is 11.5 Å². The van der Waals surface area contributed by atoms with E-state index < -0.39 is 0 Å². The first-order valence-electron chi connectivity index (χ1n) is 9.92. The first kappa shape index (κ1) is 19.9. The molecule has 0 spiro atoms. The average Bonchev–Trinajstić information content (AvgIpc) is 3.38. The molecule has 7 heteroatoms. The van der Waals surface area contributed by atoms with E-state index in [-0.39, 0.29) is 6.04 Å². The summed E-state index contributed by atoms with van der Waals surface area (Å²) >= 11 is 1.76. The molecule has 4 rings (SSSR count). The Kier molecular flexibility index (Phi) is 5.87. The fraction of sp³-hybridized carbons (Fsp3) is 0.455. The maximum absolute atomic E-state index is 5.58. The molecule has 3 heterocycles. The van der Waals surface area contributed by atoms with E-state index in [9.17, 15) is 0 Å². The smallest absolute Gasteiger partial charge is 0.240 e. The fourth-order valence-corrected chi connectivity index (χ4v) is 4.80. The van der Waals surface area contributed by atoms with Gasteiger partial charge in [0.2, 0.25) is 5.89 Å². The highest BCUT2D eigenvalue weighted by atomic mass is 32.1. The Bertz CT molecular complexity index is 952. The molecule has 154 valence electrons. The molecule has 0 radical (unpaired) electrons. The molecule has 0 fully saturated rings. The molecule has 1 aliphatic heterocycles. The fourth-order valence-electron chi connectivity index (χ4n) is 3.92. The van der Waals surface area contributed by atoms with E-state index in [0.717, 1.165) is 36.7 Å². The lowest BCUT2D eigenvalue weighted by molar-refractivity contribution is 0.179. The monoisotopic (exact) mass is 413 g/mol. The Morgan fingerprint density at radius 1 is 1.24 bits per heavy atom. The molecular weight excluding hydrogens is 386 g/mol. The third kappa shape index (κ3) is 4.16. The molecule has 1 aliphatic rings. The van der Waals surface area contributed by atoms with Crippen molar-refractivity contribution in [2.45, 2.75) is 39.3 Å². The minimum atomic E-state index is 0.124. The molecule has 6 nitrogen and oxygen atoms in total. The summed E-state index contributed by atoms with van der Waals surface area (Å²) in [5.74, 6) is 3.49. The van der Waals surface area contributed by atoms with Crippen molar-refractivity contribution in [2.24, 2.45) is 5.92 Å². The molecule has 29 heavy (non-hydrogen) atoms. The number of benzene rings is 1. The van der Waals surface area contributed by atoms with Crippen LogP contribution in [0.15, 0.2) is 34.2 Å². The van der Waals surface area contributed by atoms with Crippen LogP contribution in [0.3, 0.4) is 0 Å². The van der Waals surface area contributed by atoms with Crippen LogP contribution in [0.1, 0.15) is 47.6 Å². The van der Waals surface area contributed by atoms with Gasteiger partial charge in [-0.1, -0.05) is 25.1 Å². The second kappa shape index (κ2) is 8.55. The van der Waals surface area contributed by atoms with Crippen LogP contribution in [0.25, 0.3) is 0 Å². The number of thiophene rings is 1. The Hall–Kier alpha value is -2.38. The summed E-state index contributed by atoms with van der Waals surface area (Å²) < 4.78 is 16.7. The van der Waals surface area contributed by atoms with Gasteiger partial charge in [0.15, 0.2) is 17.3 Å². The van der Waals surface area contributed by atoms with Crippen LogP contribution < -0.4 is 9.47 Å². The standard InChI is InChI=1S/C22H27N3O3S/c1-14(2)10-20-23-21(28-24-20)13-25-8-7-15-11-17(26-3)18(27-4)12-16(15)22(25)19-6-5-9-29-19/h5-6,9,11-12,14,22H,7-8,10,13H2,1-4H3. The van der Waals surface area contributed by atoms with Crippen molar-refractivity contribution >= 4 is 11.3 Å². The lowest BCUT2D eigenvalue weighted by Crippen LogP contribution is -2.35. The van der Waals surface area contributed by atoms with Crippen molar-refractivity contribution in [3.05, 3.63) is 57.4 Å². The summed E-state index contributed by atoms with van der Waals surface area (Å²) in [4.78, 5) is 8.32. The number of hydrogen-bond donors (Lipinski definition) is 0. The van der Waals surface area contributed by atoms with Crippen LogP contribution in [0.2, 0.25) is 0 Å². The Labute approximate surface area is 175 Å². The Morgan fingerprint density at radius 3 is 2.72 bits per heavy atom. The highest BCUT2D eigenvalue weighted by Crippen LogP contribution is 2.42. The van der Waals surface area contributed by atoms with Gasteiger partial charge in [0.25, 0.3) is 0 Å². The summed E-state index contributed by atoms with van der Waals surface area (Å²) in [6, 6.07) is 8.63. The maximum Gasteiger partial charge on any atom is 0.240 e. The number of aromatic nitrogens is 2. The third-order valence-electron chi connectivity index (χ3n) is 5.23. The molecule has 0 amide bonds. The first-order valence-corrected chi connectivity index (χ1v) is 10.8. The van der Waals surface area contributed by atoms with Gasteiger partial charge in [0.1, 0.15) is 0 Å². The highest BCUT2D eigenvalue weighted by Gasteiger charge is 2.32. The van der Waals surface area contributed by atoms with Crippen LogP contribution in [-0.4, -0.2) is 35.8 Å². The van der Waals surface area contributed by atoms with Crippen LogP contribution >= 0.6 is 11.3 Å². The normalized spacial score (nSPS) is 16.8. The van der Waals surface area contributed by atoms with E-state index in [1.54, 1.807) is 25.6 Å². The maximum atomic E-state index is 5.58. The number of rotatable bonds is 7. The van der Waals surface area contributed by atoms with Gasteiger partial charge >= 0.3 is 0 Å². The first-order chi connectivity index (χ1) is 14.1. The molecule has 1 atom stereocenters. The number of fused-ring (bicyclic) bond motifs is 1. The minimum Gasteiger partial charge on any atom is -0.493 e. The molecule has 0 N–H and O–H groups in total. The minimum absolute atomic E-state index is 0.124. The van der Waals surface area contributed by atoms with E-state index in [2.05, 4.69) is 58.5 Å². The predicted octanol–water partition coefficient (Wildman–Crippen LogP) is 4.49. The molecule has 2 aromatic heterocycles. The van der Waals surface area contributed by atoms with Gasteiger partial charge in [0.05, 0.1) is 26.8 Å². The number of methoxy groups -OCH3 is 2. The van der Waals surface area contributed by atoms with Gasteiger partial charge in [-0.15, -0.1) is 11.3 Å². The number of ether oxygens (including phenoxy) is 2. The topological polar surface area (TPSA) is 60.6 Å². The molecule has 0 aliphatic carbocycles. The third-order valence-corrected chi connectivity index (χ3v) is 6.15. The molecule has 0 bridgehead atoms. The number of hydrogen-bond acceptors (Lipinski definition) is 7. The molecule has 1 unspecified atom stereocenters. The SMILES string of the molecule is COc1cc2c(cc1OC)C(c1cccs1)N(Cc1nc(CC(C)C)no1)CC2. The second-order valence-corrected chi connectivity index (χ2v) is 8.73. The van der Waals surface area contributed by atoms with E-state index in [1.807, 2.05) is 0 Å². The van der Waals surface area contributed by atoms with Gasteiger partial charge in [-0.2, -0.15) is 4.98 Å². The quantitative estimate of drug-likeness (QED) is 0.569. The van der Waals surface area contributed by atoms with Crippen molar-refractivity contribution < 1.29 is 14.0 Å². The molecular formula is C22H27N3O3S. The largest absolute Gasteiger partial charge is 0.493 e.